The summed E-state index contributed by atoms with van der Waals surface area (Å²) in [5.74, 6) is 0. The second kappa shape index (κ2) is 6.45. The van der Waals surface area contributed by atoms with Gasteiger partial charge in [0.1, 0.15) is 0 Å². The lowest BCUT2D eigenvalue weighted by Gasteiger charge is -2.07. The molecule has 1 heterocycles. The van der Waals surface area contributed by atoms with Crippen molar-refractivity contribution in [1.29, 1.82) is 0 Å². The molecule has 0 atom stereocenters. The fraction of sp³-hybridized carbons (Fsp3) is 0.333. The summed E-state index contributed by atoms with van der Waals surface area (Å²) in [6, 6.07) is 10.7. The Labute approximate surface area is 113 Å². The van der Waals surface area contributed by atoms with E-state index in [1.54, 1.807) is 11.3 Å². The van der Waals surface area contributed by atoms with E-state index >= 15 is 0 Å². The zero-order valence-electron chi connectivity index (χ0n) is 10.8. The molecule has 18 heavy (non-hydrogen) atoms. The third-order valence-electron chi connectivity index (χ3n) is 3.01. The molecule has 0 bridgehead atoms. The number of hydrogen-bond donors (Lipinski definition) is 2. The molecular weight excluding hydrogens is 240 g/mol. The van der Waals surface area contributed by atoms with Crippen LogP contribution in [0.4, 0.5) is 11.4 Å². The Morgan fingerprint density at radius 3 is 2.56 bits per heavy atom. The first-order valence-corrected chi connectivity index (χ1v) is 7.32. The van der Waals surface area contributed by atoms with E-state index in [1.165, 1.54) is 29.7 Å². The van der Waals surface area contributed by atoms with E-state index in [9.17, 15) is 0 Å². The Bertz CT molecular complexity index is 473. The van der Waals surface area contributed by atoms with Crippen LogP contribution in [0.5, 0.6) is 0 Å². The van der Waals surface area contributed by atoms with Gasteiger partial charge in [0.2, 0.25) is 0 Å². The van der Waals surface area contributed by atoms with Crippen LogP contribution in [0.2, 0.25) is 0 Å². The first kappa shape index (κ1) is 13.0. The van der Waals surface area contributed by atoms with Crippen LogP contribution >= 0.6 is 11.3 Å². The summed E-state index contributed by atoms with van der Waals surface area (Å²) in [5, 5.41) is 5.43. The number of nitrogens with one attached hydrogen (secondary N) is 1. The normalized spacial score (nSPS) is 10.5. The van der Waals surface area contributed by atoms with Crippen molar-refractivity contribution in [3.63, 3.8) is 0 Å². The predicted molar refractivity (Wildman–Crippen MR) is 81.1 cm³/mol. The summed E-state index contributed by atoms with van der Waals surface area (Å²) in [7, 11) is 0. The maximum absolute atomic E-state index is 5.85. The third-order valence-corrected chi connectivity index (χ3v) is 3.94. The summed E-state index contributed by atoms with van der Waals surface area (Å²) < 4.78 is 0. The molecule has 0 saturated heterocycles. The third kappa shape index (κ3) is 3.50. The minimum absolute atomic E-state index is 0.803. The molecule has 1 aromatic heterocycles. The Morgan fingerprint density at radius 1 is 1.17 bits per heavy atom. The Kier molecular flexibility index (Phi) is 4.65. The Hall–Kier alpha value is -1.48. The molecule has 96 valence electrons. The molecule has 1 aromatic carbocycles. The highest BCUT2D eigenvalue weighted by atomic mass is 32.1. The summed E-state index contributed by atoms with van der Waals surface area (Å²) in [6.07, 6.45) is 3.69. The number of anilines is 2. The van der Waals surface area contributed by atoms with Gasteiger partial charge in [0.05, 0.1) is 6.54 Å². The molecule has 0 unspecified atom stereocenters. The lowest BCUT2D eigenvalue weighted by Crippen LogP contribution is -2.00. The molecular formula is C15H20N2S. The van der Waals surface area contributed by atoms with Gasteiger partial charge in [-0.05, 0) is 42.0 Å². The van der Waals surface area contributed by atoms with Gasteiger partial charge in [-0.15, -0.1) is 11.3 Å². The zero-order valence-corrected chi connectivity index (χ0v) is 11.6. The van der Waals surface area contributed by atoms with Crippen molar-refractivity contribution < 1.29 is 0 Å². The Morgan fingerprint density at radius 2 is 1.94 bits per heavy atom. The van der Waals surface area contributed by atoms with Gasteiger partial charge >= 0.3 is 0 Å². The number of thiophene rings is 1. The second-order valence-corrected chi connectivity index (χ2v) is 5.45. The lowest BCUT2D eigenvalue weighted by molar-refractivity contribution is 0.795. The van der Waals surface area contributed by atoms with Crippen molar-refractivity contribution in [2.75, 3.05) is 11.1 Å². The molecule has 0 fully saturated rings. The average molecular weight is 260 g/mol. The second-order valence-electron chi connectivity index (χ2n) is 4.45. The van der Waals surface area contributed by atoms with Crippen molar-refractivity contribution in [2.24, 2.45) is 0 Å². The van der Waals surface area contributed by atoms with Gasteiger partial charge < -0.3 is 11.1 Å². The van der Waals surface area contributed by atoms with E-state index in [-0.39, 0.29) is 0 Å². The zero-order chi connectivity index (χ0) is 12.8. The molecule has 2 rings (SSSR count). The van der Waals surface area contributed by atoms with Crippen LogP contribution in [0.15, 0.2) is 35.7 Å². The average Bonchev–Trinajstić information content (AvgIpc) is 2.81. The lowest BCUT2D eigenvalue weighted by atomic mass is 10.1. The van der Waals surface area contributed by atoms with E-state index in [2.05, 4.69) is 36.5 Å². The quantitative estimate of drug-likeness (QED) is 0.813. The van der Waals surface area contributed by atoms with Crippen LogP contribution in [0.3, 0.4) is 0 Å². The number of unbranched alkanes of at least 4 members (excludes halogenated alkanes) is 1. The highest BCUT2D eigenvalue weighted by molar-refractivity contribution is 7.10. The standard InChI is InChI=1S/C15H20N2S/c1-2-3-4-12-5-7-13(8-6-12)17-11-15-14(16)9-10-18-15/h5-10,17H,2-4,11,16H2,1H3. The van der Waals surface area contributed by atoms with Gasteiger partial charge in [0.15, 0.2) is 0 Å². The predicted octanol–water partition coefficient (Wildman–Crippen LogP) is 4.29. The fourth-order valence-corrected chi connectivity index (χ4v) is 2.59. The minimum Gasteiger partial charge on any atom is -0.398 e. The fourth-order valence-electron chi connectivity index (χ4n) is 1.85. The maximum atomic E-state index is 5.85. The summed E-state index contributed by atoms with van der Waals surface area (Å²) >= 11 is 1.70. The van der Waals surface area contributed by atoms with Gasteiger partial charge in [-0.3, -0.25) is 0 Å². The summed E-state index contributed by atoms with van der Waals surface area (Å²) in [6.45, 7) is 3.03. The number of aryl methyl sites for hydroxylation is 1. The van der Waals surface area contributed by atoms with Crippen molar-refractivity contribution in [3.05, 3.63) is 46.2 Å². The highest BCUT2D eigenvalue weighted by Crippen LogP contribution is 2.20. The molecule has 0 amide bonds. The van der Waals surface area contributed by atoms with Crippen LogP contribution in [-0.2, 0) is 13.0 Å². The molecule has 0 spiro atoms. The monoisotopic (exact) mass is 260 g/mol. The smallest absolute Gasteiger partial charge is 0.0514 e. The number of rotatable bonds is 6. The molecule has 0 radical (unpaired) electrons. The number of nitrogen functional groups attached to an aromatic ring is 1. The summed E-state index contributed by atoms with van der Waals surface area (Å²) in [5.41, 5.74) is 9.31. The van der Waals surface area contributed by atoms with Crippen LogP contribution < -0.4 is 11.1 Å². The molecule has 0 aliphatic heterocycles. The number of benzene rings is 1. The van der Waals surface area contributed by atoms with Crippen molar-refractivity contribution in [1.82, 2.24) is 0 Å². The minimum atomic E-state index is 0.803. The van der Waals surface area contributed by atoms with Crippen LogP contribution in [-0.4, -0.2) is 0 Å². The number of hydrogen-bond acceptors (Lipinski definition) is 3. The first-order chi connectivity index (χ1) is 8.79. The molecule has 0 aliphatic carbocycles. The van der Waals surface area contributed by atoms with E-state index in [0.717, 1.165) is 17.9 Å². The van der Waals surface area contributed by atoms with E-state index in [1.807, 2.05) is 11.4 Å². The van der Waals surface area contributed by atoms with Crippen LogP contribution in [0, 0.1) is 0 Å². The van der Waals surface area contributed by atoms with E-state index < -0.39 is 0 Å². The van der Waals surface area contributed by atoms with Gasteiger partial charge in [0, 0.05) is 16.3 Å². The van der Waals surface area contributed by atoms with Crippen LogP contribution in [0.25, 0.3) is 0 Å². The molecule has 0 aliphatic rings. The van der Waals surface area contributed by atoms with E-state index in [0.29, 0.717) is 0 Å². The van der Waals surface area contributed by atoms with Gasteiger partial charge in [-0.1, -0.05) is 25.5 Å². The van der Waals surface area contributed by atoms with Crippen molar-refractivity contribution >= 4 is 22.7 Å². The molecule has 3 heteroatoms. The SMILES string of the molecule is CCCCc1ccc(NCc2sccc2N)cc1. The number of nitrogens with two attached hydrogens (primary N) is 1. The summed E-state index contributed by atoms with van der Waals surface area (Å²) in [4.78, 5) is 1.20. The molecule has 3 N–H and O–H groups in total. The van der Waals surface area contributed by atoms with Gasteiger partial charge in [0.25, 0.3) is 0 Å². The largest absolute Gasteiger partial charge is 0.398 e. The first-order valence-electron chi connectivity index (χ1n) is 6.44. The maximum Gasteiger partial charge on any atom is 0.0514 e. The highest BCUT2D eigenvalue weighted by Gasteiger charge is 2.00. The van der Waals surface area contributed by atoms with Gasteiger partial charge in [-0.2, -0.15) is 0 Å². The van der Waals surface area contributed by atoms with Gasteiger partial charge in [-0.25, -0.2) is 0 Å². The molecule has 2 nitrogen and oxygen atoms in total. The Balaban J connectivity index is 1.88. The van der Waals surface area contributed by atoms with Crippen molar-refractivity contribution in [3.8, 4) is 0 Å². The van der Waals surface area contributed by atoms with E-state index in [4.69, 9.17) is 5.73 Å². The van der Waals surface area contributed by atoms with Crippen LogP contribution in [0.1, 0.15) is 30.2 Å². The topological polar surface area (TPSA) is 38.0 Å². The van der Waals surface area contributed by atoms with Crippen molar-refractivity contribution in [2.45, 2.75) is 32.7 Å². The molecule has 0 saturated carbocycles. The molecule has 2 aromatic rings.